The van der Waals surface area contributed by atoms with Crippen molar-refractivity contribution in [3.05, 3.63) is 0 Å². The average Bonchev–Trinajstić information content (AvgIpc) is 2.00. The molecule has 2 atom stereocenters. The van der Waals surface area contributed by atoms with Gasteiger partial charge in [-0.05, 0) is 6.92 Å². The molecule has 0 radical (unpaired) electrons. The lowest BCUT2D eigenvalue weighted by atomic mass is 10.1. The Labute approximate surface area is 80.1 Å². The van der Waals surface area contributed by atoms with Gasteiger partial charge in [-0.2, -0.15) is 0 Å². The van der Waals surface area contributed by atoms with E-state index in [1.165, 1.54) is 0 Å². The van der Waals surface area contributed by atoms with Crippen LogP contribution in [0.2, 0.25) is 0 Å². The van der Waals surface area contributed by atoms with Gasteiger partial charge < -0.3 is 20.6 Å². The minimum atomic E-state index is -4.50. The van der Waals surface area contributed by atoms with Crippen LogP contribution in [0.15, 0.2) is 0 Å². The van der Waals surface area contributed by atoms with Crippen LogP contribution in [-0.4, -0.2) is 38.3 Å². The summed E-state index contributed by atoms with van der Waals surface area (Å²) in [4.78, 5) is 38.5. The van der Waals surface area contributed by atoms with Gasteiger partial charge in [0.25, 0.3) is 0 Å². The number of Topliss-reactive ketones (excluding diaryl/α,β-unsaturated/α-hetero) is 1. The van der Waals surface area contributed by atoms with Crippen molar-refractivity contribution >= 4 is 19.3 Å². The molecule has 0 aromatic carbocycles. The molecule has 0 fully saturated rings. The van der Waals surface area contributed by atoms with Crippen molar-refractivity contribution in [2.24, 2.45) is 5.73 Å². The van der Waals surface area contributed by atoms with Crippen LogP contribution in [0.1, 0.15) is 13.3 Å². The van der Waals surface area contributed by atoms with Gasteiger partial charge in [-0.15, -0.1) is 0 Å². The third kappa shape index (κ3) is 3.97. The molecule has 2 unspecified atom stereocenters. The SMILES string of the molecule is CC(C(=O)CC(N)C(=O)O)P(=O)(O)O. The standard InChI is InChI=1S/C6H12NO6P/c1-3(14(11,12)13)5(8)2-4(7)6(9)10/h3-4H,2,7H2,1H3,(H,9,10)(H2,11,12,13). The minimum absolute atomic E-state index is 0.582. The fraction of sp³-hybridized carbons (Fsp3) is 0.667. The zero-order valence-corrected chi connectivity index (χ0v) is 8.35. The van der Waals surface area contributed by atoms with Gasteiger partial charge in [-0.1, -0.05) is 0 Å². The number of carboxylic acid groups (broad SMARTS) is 1. The van der Waals surface area contributed by atoms with Gasteiger partial charge >= 0.3 is 13.6 Å². The van der Waals surface area contributed by atoms with Gasteiger partial charge in [-0.25, -0.2) is 0 Å². The van der Waals surface area contributed by atoms with Gasteiger partial charge in [0.2, 0.25) is 0 Å². The van der Waals surface area contributed by atoms with E-state index in [9.17, 15) is 14.2 Å². The van der Waals surface area contributed by atoms with Crippen molar-refractivity contribution in [3.63, 3.8) is 0 Å². The molecular weight excluding hydrogens is 213 g/mol. The monoisotopic (exact) mass is 225 g/mol. The summed E-state index contributed by atoms with van der Waals surface area (Å²) >= 11 is 0. The Kier molecular flexibility index (Phi) is 4.41. The third-order valence-electron chi connectivity index (χ3n) is 1.71. The first kappa shape index (κ1) is 13.2. The molecule has 8 heteroatoms. The van der Waals surface area contributed by atoms with Crippen molar-refractivity contribution in [1.82, 2.24) is 0 Å². The molecule has 82 valence electrons. The quantitative estimate of drug-likeness (QED) is 0.436. The number of carboxylic acids is 1. The second kappa shape index (κ2) is 4.65. The number of ketones is 1. The Bertz CT molecular complexity index is 284. The molecule has 0 amide bonds. The van der Waals surface area contributed by atoms with Crippen LogP contribution in [0, 0.1) is 0 Å². The van der Waals surface area contributed by atoms with E-state index >= 15 is 0 Å². The van der Waals surface area contributed by atoms with Gasteiger partial charge in [-0.3, -0.25) is 14.2 Å². The van der Waals surface area contributed by atoms with E-state index in [-0.39, 0.29) is 0 Å². The maximum absolute atomic E-state index is 11.1. The summed E-state index contributed by atoms with van der Waals surface area (Å²) in [6, 6.07) is -1.42. The lowest BCUT2D eigenvalue weighted by Crippen LogP contribution is -2.35. The first-order valence-electron chi connectivity index (χ1n) is 3.72. The second-order valence-corrected chi connectivity index (χ2v) is 4.83. The van der Waals surface area contributed by atoms with Crippen molar-refractivity contribution in [3.8, 4) is 0 Å². The Balaban J connectivity index is 4.37. The van der Waals surface area contributed by atoms with Crippen LogP contribution in [0.5, 0.6) is 0 Å². The molecular formula is C6H12NO6P. The molecule has 0 bridgehead atoms. The number of nitrogens with two attached hydrogens (primary N) is 1. The lowest BCUT2D eigenvalue weighted by Gasteiger charge is -2.13. The Hall–Kier alpha value is -0.750. The van der Waals surface area contributed by atoms with Crippen LogP contribution >= 0.6 is 7.60 Å². The number of rotatable bonds is 5. The third-order valence-corrected chi connectivity index (χ3v) is 3.01. The summed E-state index contributed by atoms with van der Waals surface area (Å²) in [7, 11) is -4.50. The first-order chi connectivity index (χ1) is 6.16. The van der Waals surface area contributed by atoms with Crippen LogP contribution in [0.25, 0.3) is 0 Å². The topological polar surface area (TPSA) is 138 Å². The zero-order valence-electron chi connectivity index (χ0n) is 7.45. The normalized spacial score (nSPS) is 16.0. The number of carbonyl (C=O) groups is 2. The largest absolute Gasteiger partial charge is 0.480 e. The molecule has 0 saturated heterocycles. The summed E-state index contributed by atoms with van der Waals surface area (Å²) < 4.78 is 10.6. The highest BCUT2D eigenvalue weighted by atomic mass is 31.2. The van der Waals surface area contributed by atoms with E-state index in [2.05, 4.69) is 0 Å². The summed E-state index contributed by atoms with van der Waals surface area (Å²) in [5.74, 6) is -2.23. The summed E-state index contributed by atoms with van der Waals surface area (Å²) in [6.07, 6.45) is -0.582. The molecule has 5 N–H and O–H groups in total. The molecule has 0 aliphatic carbocycles. The van der Waals surface area contributed by atoms with Crippen LogP contribution < -0.4 is 5.73 Å². The molecule has 0 heterocycles. The molecule has 14 heavy (non-hydrogen) atoms. The maximum Gasteiger partial charge on any atom is 0.335 e. The highest BCUT2D eigenvalue weighted by Gasteiger charge is 2.32. The molecule has 0 spiro atoms. The van der Waals surface area contributed by atoms with E-state index in [1.807, 2.05) is 0 Å². The molecule has 0 aliphatic heterocycles. The van der Waals surface area contributed by atoms with E-state index in [1.54, 1.807) is 0 Å². The molecule has 0 aromatic heterocycles. The Morgan fingerprint density at radius 1 is 1.43 bits per heavy atom. The Morgan fingerprint density at radius 3 is 2.14 bits per heavy atom. The van der Waals surface area contributed by atoms with Crippen LogP contribution in [0.3, 0.4) is 0 Å². The smallest absolute Gasteiger partial charge is 0.335 e. The van der Waals surface area contributed by atoms with Gasteiger partial charge in [0.1, 0.15) is 17.5 Å². The first-order valence-corrected chi connectivity index (χ1v) is 5.40. The zero-order chi connectivity index (χ0) is 11.5. The number of carbonyl (C=O) groups excluding carboxylic acids is 1. The fourth-order valence-electron chi connectivity index (χ4n) is 0.662. The maximum atomic E-state index is 11.1. The molecule has 0 aliphatic rings. The summed E-state index contributed by atoms with van der Waals surface area (Å²) in [5, 5.41) is 8.34. The number of hydrogen-bond donors (Lipinski definition) is 4. The van der Waals surface area contributed by atoms with Crippen molar-refractivity contribution < 1.29 is 29.0 Å². The molecule has 0 aromatic rings. The van der Waals surface area contributed by atoms with Gasteiger partial charge in [0, 0.05) is 6.42 Å². The van der Waals surface area contributed by atoms with Crippen LogP contribution in [-0.2, 0) is 14.2 Å². The number of hydrogen-bond acceptors (Lipinski definition) is 4. The highest BCUT2D eigenvalue weighted by Crippen LogP contribution is 2.41. The van der Waals surface area contributed by atoms with E-state index < -0.39 is 37.5 Å². The minimum Gasteiger partial charge on any atom is -0.480 e. The predicted octanol–water partition coefficient (Wildman–Crippen LogP) is -1.08. The van der Waals surface area contributed by atoms with E-state index in [0.717, 1.165) is 6.92 Å². The second-order valence-electron chi connectivity index (χ2n) is 2.88. The molecule has 7 nitrogen and oxygen atoms in total. The van der Waals surface area contributed by atoms with E-state index in [0.29, 0.717) is 0 Å². The fourth-order valence-corrected chi connectivity index (χ4v) is 1.14. The summed E-state index contributed by atoms with van der Waals surface area (Å²) in [5.41, 5.74) is 3.52. The number of aliphatic carboxylic acids is 1. The summed E-state index contributed by atoms with van der Waals surface area (Å²) in [6.45, 7) is 1.04. The highest BCUT2D eigenvalue weighted by molar-refractivity contribution is 7.53. The molecule has 0 rings (SSSR count). The predicted molar refractivity (Wildman–Crippen MR) is 46.7 cm³/mol. The Morgan fingerprint density at radius 2 is 1.86 bits per heavy atom. The van der Waals surface area contributed by atoms with Crippen molar-refractivity contribution in [2.75, 3.05) is 0 Å². The van der Waals surface area contributed by atoms with Gasteiger partial charge in [0.05, 0.1) is 0 Å². The van der Waals surface area contributed by atoms with Crippen LogP contribution in [0.4, 0.5) is 0 Å². The molecule has 0 saturated carbocycles. The van der Waals surface area contributed by atoms with Crippen molar-refractivity contribution in [2.45, 2.75) is 25.0 Å². The van der Waals surface area contributed by atoms with Gasteiger partial charge in [0.15, 0.2) is 0 Å². The lowest BCUT2D eigenvalue weighted by molar-refractivity contribution is -0.140. The van der Waals surface area contributed by atoms with E-state index in [4.69, 9.17) is 20.6 Å². The van der Waals surface area contributed by atoms with Crippen molar-refractivity contribution in [1.29, 1.82) is 0 Å². The average molecular weight is 225 g/mol.